The van der Waals surface area contributed by atoms with Crippen LogP contribution in [0.3, 0.4) is 0 Å². The monoisotopic (exact) mass is 294 g/mol. The molecular formula is C18H18N2O2. The third kappa shape index (κ3) is 4.35. The van der Waals surface area contributed by atoms with E-state index in [2.05, 4.69) is 5.32 Å². The van der Waals surface area contributed by atoms with Gasteiger partial charge in [-0.15, -0.1) is 0 Å². The van der Waals surface area contributed by atoms with Crippen LogP contribution in [-0.2, 0) is 4.79 Å². The first-order chi connectivity index (χ1) is 10.6. The van der Waals surface area contributed by atoms with Gasteiger partial charge in [-0.2, -0.15) is 5.26 Å². The van der Waals surface area contributed by atoms with Gasteiger partial charge in [0.15, 0.2) is 0 Å². The molecule has 0 bridgehead atoms. The lowest BCUT2D eigenvalue weighted by Gasteiger charge is -2.10. The molecule has 0 saturated heterocycles. The molecule has 2 aromatic rings. The van der Waals surface area contributed by atoms with E-state index in [1.54, 1.807) is 24.3 Å². The summed E-state index contributed by atoms with van der Waals surface area (Å²) in [6.45, 7) is 4.32. The van der Waals surface area contributed by atoms with Gasteiger partial charge < -0.3 is 10.1 Å². The number of hydrogen-bond acceptors (Lipinski definition) is 3. The molecule has 112 valence electrons. The number of carbonyl (C=O) groups excluding carboxylic acids is 1. The summed E-state index contributed by atoms with van der Waals surface area (Å²) in [6, 6.07) is 14.8. The molecular weight excluding hydrogens is 276 g/mol. The van der Waals surface area contributed by atoms with Gasteiger partial charge in [0.25, 0.3) is 0 Å². The van der Waals surface area contributed by atoms with E-state index in [9.17, 15) is 4.79 Å². The number of rotatable bonds is 5. The Morgan fingerprint density at radius 1 is 1.23 bits per heavy atom. The lowest BCUT2D eigenvalue weighted by Crippen LogP contribution is -2.15. The SMILES string of the molecule is Cc1ccc(OCCC(=O)Nc2cccc(C#N)c2)c(C)c1. The Bertz CT molecular complexity index is 717. The number of nitrogens with one attached hydrogen (secondary N) is 1. The fourth-order valence-corrected chi connectivity index (χ4v) is 2.10. The second kappa shape index (κ2) is 7.28. The maximum Gasteiger partial charge on any atom is 0.227 e. The number of nitrogens with zero attached hydrogens (tertiary/aromatic N) is 1. The molecule has 0 aliphatic rings. The summed E-state index contributed by atoms with van der Waals surface area (Å²) in [7, 11) is 0. The maximum atomic E-state index is 11.9. The van der Waals surface area contributed by atoms with Gasteiger partial charge in [0, 0.05) is 5.69 Å². The highest BCUT2D eigenvalue weighted by Gasteiger charge is 2.05. The van der Waals surface area contributed by atoms with Crippen LogP contribution < -0.4 is 10.1 Å². The van der Waals surface area contributed by atoms with Crippen molar-refractivity contribution < 1.29 is 9.53 Å². The normalized spacial score (nSPS) is 9.86. The van der Waals surface area contributed by atoms with E-state index in [1.165, 1.54) is 5.56 Å². The van der Waals surface area contributed by atoms with Crippen LogP contribution in [0.15, 0.2) is 42.5 Å². The van der Waals surface area contributed by atoms with Crippen molar-refractivity contribution in [3.05, 3.63) is 59.2 Å². The molecule has 0 spiro atoms. The first-order valence-electron chi connectivity index (χ1n) is 7.08. The number of amides is 1. The second-order valence-electron chi connectivity index (χ2n) is 5.11. The molecule has 0 aromatic heterocycles. The van der Waals surface area contributed by atoms with Crippen molar-refractivity contribution in [1.29, 1.82) is 5.26 Å². The molecule has 22 heavy (non-hydrogen) atoms. The molecule has 2 aromatic carbocycles. The first-order valence-corrected chi connectivity index (χ1v) is 7.08. The minimum atomic E-state index is -0.139. The second-order valence-corrected chi connectivity index (χ2v) is 5.11. The number of benzene rings is 2. The minimum Gasteiger partial charge on any atom is -0.493 e. The van der Waals surface area contributed by atoms with Crippen LogP contribution in [0.2, 0.25) is 0 Å². The maximum absolute atomic E-state index is 11.9. The standard InChI is InChI=1S/C18H18N2O2/c1-13-6-7-17(14(2)10-13)22-9-8-18(21)20-16-5-3-4-15(11-16)12-19/h3-7,10-11H,8-9H2,1-2H3,(H,20,21). The van der Waals surface area contributed by atoms with Crippen molar-refractivity contribution in [2.75, 3.05) is 11.9 Å². The van der Waals surface area contributed by atoms with Crippen LogP contribution in [0.25, 0.3) is 0 Å². The molecule has 0 fully saturated rings. The first kappa shape index (κ1) is 15.6. The zero-order chi connectivity index (χ0) is 15.9. The minimum absolute atomic E-state index is 0.139. The third-order valence-electron chi connectivity index (χ3n) is 3.19. The summed E-state index contributed by atoms with van der Waals surface area (Å²) in [5.74, 6) is 0.657. The lowest BCUT2D eigenvalue weighted by molar-refractivity contribution is -0.116. The van der Waals surface area contributed by atoms with Crippen molar-refractivity contribution in [3.8, 4) is 11.8 Å². The molecule has 1 amide bonds. The Balaban J connectivity index is 1.84. The molecule has 2 rings (SSSR count). The summed E-state index contributed by atoms with van der Waals surface area (Å²) in [6.07, 6.45) is 0.254. The Morgan fingerprint density at radius 3 is 2.77 bits per heavy atom. The van der Waals surface area contributed by atoms with E-state index in [1.807, 2.05) is 38.1 Å². The van der Waals surface area contributed by atoms with Crippen LogP contribution in [0.1, 0.15) is 23.1 Å². The highest BCUT2D eigenvalue weighted by molar-refractivity contribution is 5.90. The van der Waals surface area contributed by atoms with Crippen molar-refractivity contribution >= 4 is 11.6 Å². The third-order valence-corrected chi connectivity index (χ3v) is 3.19. The average molecular weight is 294 g/mol. The molecule has 0 unspecified atom stereocenters. The van der Waals surface area contributed by atoms with E-state index in [-0.39, 0.29) is 12.3 Å². The van der Waals surface area contributed by atoms with Crippen LogP contribution >= 0.6 is 0 Å². The number of aryl methyl sites for hydroxylation is 2. The van der Waals surface area contributed by atoms with Gasteiger partial charge in [-0.1, -0.05) is 23.8 Å². The molecule has 0 aliphatic carbocycles. The van der Waals surface area contributed by atoms with Gasteiger partial charge in [-0.3, -0.25) is 4.79 Å². The van der Waals surface area contributed by atoms with E-state index in [0.29, 0.717) is 17.9 Å². The number of anilines is 1. The average Bonchev–Trinajstić information content (AvgIpc) is 2.49. The lowest BCUT2D eigenvalue weighted by atomic mass is 10.1. The Labute approximate surface area is 130 Å². The zero-order valence-electron chi connectivity index (χ0n) is 12.7. The summed E-state index contributed by atoms with van der Waals surface area (Å²) in [5, 5.41) is 11.6. The van der Waals surface area contributed by atoms with Crippen molar-refractivity contribution in [1.82, 2.24) is 0 Å². The molecule has 0 atom stereocenters. The quantitative estimate of drug-likeness (QED) is 0.916. The predicted molar refractivity (Wildman–Crippen MR) is 85.8 cm³/mol. The molecule has 0 aliphatic heterocycles. The van der Waals surface area contributed by atoms with Gasteiger partial charge in [0.2, 0.25) is 5.91 Å². The number of ether oxygens (including phenoxy) is 1. The van der Waals surface area contributed by atoms with Gasteiger partial charge >= 0.3 is 0 Å². The fourth-order valence-electron chi connectivity index (χ4n) is 2.10. The topological polar surface area (TPSA) is 62.1 Å². The molecule has 1 N–H and O–H groups in total. The van der Waals surface area contributed by atoms with Crippen LogP contribution in [0.4, 0.5) is 5.69 Å². The predicted octanol–water partition coefficient (Wildman–Crippen LogP) is 3.58. The highest BCUT2D eigenvalue weighted by atomic mass is 16.5. The molecule has 0 saturated carbocycles. The number of nitriles is 1. The van der Waals surface area contributed by atoms with Gasteiger partial charge in [0.1, 0.15) is 5.75 Å². The van der Waals surface area contributed by atoms with E-state index >= 15 is 0 Å². The number of hydrogen-bond donors (Lipinski definition) is 1. The number of carbonyl (C=O) groups is 1. The van der Waals surface area contributed by atoms with E-state index in [4.69, 9.17) is 10.00 Å². The molecule has 0 heterocycles. The van der Waals surface area contributed by atoms with Gasteiger partial charge in [0.05, 0.1) is 24.7 Å². The van der Waals surface area contributed by atoms with Crippen LogP contribution in [-0.4, -0.2) is 12.5 Å². The molecule has 4 heteroatoms. The summed E-state index contributed by atoms with van der Waals surface area (Å²) in [4.78, 5) is 11.9. The van der Waals surface area contributed by atoms with Crippen LogP contribution in [0.5, 0.6) is 5.75 Å². The fraction of sp³-hybridized carbons (Fsp3) is 0.222. The van der Waals surface area contributed by atoms with Gasteiger partial charge in [-0.05, 0) is 43.7 Å². The molecule has 0 radical (unpaired) electrons. The largest absolute Gasteiger partial charge is 0.493 e. The van der Waals surface area contributed by atoms with Crippen molar-refractivity contribution in [2.45, 2.75) is 20.3 Å². The van der Waals surface area contributed by atoms with E-state index < -0.39 is 0 Å². The Hall–Kier alpha value is -2.80. The Morgan fingerprint density at radius 2 is 2.05 bits per heavy atom. The molecule has 4 nitrogen and oxygen atoms in total. The highest BCUT2D eigenvalue weighted by Crippen LogP contribution is 2.18. The summed E-state index contributed by atoms with van der Waals surface area (Å²) < 4.78 is 5.63. The van der Waals surface area contributed by atoms with Crippen molar-refractivity contribution in [2.24, 2.45) is 0 Å². The summed E-state index contributed by atoms with van der Waals surface area (Å²) in [5.41, 5.74) is 3.38. The zero-order valence-corrected chi connectivity index (χ0v) is 12.7. The Kier molecular flexibility index (Phi) is 5.16. The smallest absolute Gasteiger partial charge is 0.227 e. The van der Waals surface area contributed by atoms with Crippen molar-refractivity contribution in [3.63, 3.8) is 0 Å². The summed E-state index contributed by atoms with van der Waals surface area (Å²) >= 11 is 0. The van der Waals surface area contributed by atoms with Crippen LogP contribution in [0, 0.1) is 25.2 Å². The van der Waals surface area contributed by atoms with Gasteiger partial charge in [-0.25, -0.2) is 0 Å². The van der Waals surface area contributed by atoms with E-state index in [0.717, 1.165) is 11.3 Å².